The molecule has 0 aliphatic heterocycles. The van der Waals surface area contributed by atoms with E-state index >= 15 is 0 Å². The van der Waals surface area contributed by atoms with Gasteiger partial charge in [-0.2, -0.15) is 0 Å². The lowest BCUT2D eigenvalue weighted by molar-refractivity contribution is -0.808. The molecule has 0 saturated heterocycles. The number of hydrogen-bond donors (Lipinski definition) is 0. The lowest BCUT2D eigenvalue weighted by Crippen LogP contribution is -2.29. The van der Waals surface area contributed by atoms with Crippen LogP contribution in [-0.2, 0) is 22.7 Å². The Kier molecular flexibility index (Phi) is 4.61. The van der Waals surface area contributed by atoms with Crippen LogP contribution in [0.4, 0.5) is 0 Å². The van der Waals surface area contributed by atoms with Crippen LogP contribution in [0.3, 0.4) is 0 Å². The third-order valence-electron chi connectivity index (χ3n) is 3.70. The van der Waals surface area contributed by atoms with Crippen molar-refractivity contribution in [3.63, 3.8) is 0 Å². The predicted molar refractivity (Wildman–Crippen MR) is 85.8 cm³/mol. The summed E-state index contributed by atoms with van der Waals surface area (Å²) in [5.41, 5.74) is 1.16. The fourth-order valence-electron chi connectivity index (χ4n) is 2.47. The normalized spacial score (nSPS) is 11.5. The molecule has 0 unspecified atom stereocenters. The van der Waals surface area contributed by atoms with Crippen LogP contribution in [0.25, 0.3) is 0 Å². The summed E-state index contributed by atoms with van der Waals surface area (Å²) < 4.78 is 29.8. The summed E-state index contributed by atoms with van der Waals surface area (Å²) in [6, 6.07) is 17.7. The van der Waals surface area contributed by atoms with Crippen molar-refractivity contribution < 1.29 is 17.9 Å². The Morgan fingerprint density at radius 1 is 0.958 bits per heavy atom. The highest BCUT2D eigenvalue weighted by molar-refractivity contribution is 7.91. The van der Waals surface area contributed by atoms with Gasteiger partial charge in [0.25, 0.3) is 9.84 Å². The monoisotopic (exact) mass is 344 g/mol. The van der Waals surface area contributed by atoms with Gasteiger partial charge in [-0.05, 0) is 35.4 Å². The fourth-order valence-corrected chi connectivity index (χ4v) is 3.83. The zero-order chi connectivity index (χ0) is 17.0. The summed E-state index contributed by atoms with van der Waals surface area (Å²) in [7, 11) is -3.87. The van der Waals surface area contributed by atoms with Crippen LogP contribution in [0.1, 0.15) is 17.7 Å². The van der Waals surface area contributed by atoms with Gasteiger partial charge >= 0.3 is 5.03 Å². The van der Waals surface area contributed by atoms with Gasteiger partial charge in [-0.1, -0.05) is 48.5 Å². The van der Waals surface area contributed by atoms with Gasteiger partial charge in [0.1, 0.15) is 0 Å². The average molecular weight is 344 g/mol. The van der Waals surface area contributed by atoms with Crippen LogP contribution < -0.4 is 4.90 Å². The Hall–Kier alpha value is -2.67. The topological polar surface area (TPSA) is 87.1 Å². The Morgan fingerprint density at radius 2 is 1.58 bits per heavy atom. The van der Waals surface area contributed by atoms with E-state index in [1.165, 1.54) is 12.1 Å². The highest BCUT2D eigenvalue weighted by atomic mass is 32.2. The smallest absolute Gasteiger partial charge is 0.339 e. The highest BCUT2D eigenvalue weighted by Crippen LogP contribution is 2.21. The number of benzene rings is 2. The van der Waals surface area contributed by atoms with Crippen molar-refractivity contribution in [1.29, 1.82) is 0 Å². The van der Waals surface area contributed by atoms with Crippen LogP contribution in [0.15, 0.2) is 75.2 Å². The minimum Gasteiger partial charge on any atom is -0.359 e. The Labute approximate surface area is 139 Å². The number of rotatable bonds is 6. The second kappa shape index (κ2) is 6.84. The largest absolute Gasteiger partial charge is 0.359 e. The molecule has 6 nitrogen and oxygen atoms in total. The molecule has 1 aromatic heterocycles. The third kappa shape index (κ3) is 3.30. The molecule has 0 aliphatic carbocycles. The summed E-state index contributed by atoms with van der Waals surface area (Å²) in [6.07, 6.45) is 1.62. The van der Waals surface area contributed by atoms with E-state index in [1.807, 2.05) is 30.3 Å². The standard InChI is InChI=1S/C17H16N2O4S/c20-19-16(13-7-10-14-8-3-1-4-9-14)17(18-23-19)24(21,22)15-11-5-2-6-12-15/h1-6,8-9,11-12H,7,10,13H2. The quantitative estimate of drug-likeness (QED) is 0.640. The maximum absolute atomic E-state index is 12.6. The molecule has 0 radical (unpaired) electrons. The molecular weight excluding hydrogens is 328 g/mol. The summed E-state index contributed by atoms with van der Waals surface area (Å²) in [6.45, 7) is 0. The molecule has 3 aromatic rings. The van der Waals surface area contributed by atoms with Crippen molar-refractivity contribution in [1.82, 2.24) is 5.16 Å². The molecule has 0 atom stereocenters. The minimum absolute atomic E-state index is 0.0368. The first-order valence-corrected chi connectivity index (χ1v) is 9.00. The Bertz CT molecular complexity index is 906. The highest BCUT2D eigenvalue weighted by Gasteiger charge is 2.32. The minimum atomic E-state index is -3.87. The third-order valence-corrected chi connectivity index (χ3v) is 5.41. The number of nitrogens with zero attached hydrogens (tertiary/aromatic N) is 2. The van der Waals surface area contributed by atoms with Crippen molar-refractivity contribution in [3.05, 3.63) is 77.1 Å². The summed E-state index contributed by atoms with van der Waals surface area (Å²) in [4.78, 5) is 0.268. The van der Waals surface area contributed by atoms with Crippen LogP contribution >= 0.6 is 0 Å². The fraction of sp³-hybridized carbons (Fsp3) is 0.176. The SMILES string of the molecule is O=S(=O)(c1ccccc1)c1no[n+]([O-])c1CCCc1ccccc1. The maximum Gasteiger partial charge on any atom is 0.339 e. The van der Waals surface area contributed by atoms with Crippen molar-refractivity contribution >= 4 is 9.84 Å². The molecule has 0 bridgehead atoms. The second-order valence-corrected chi connectivity index (χ2v) is 7.20. The van der Waals surface area contributed by atoms with E-state index in [2.05, 4.69) is 9.79 Å². The Balaban J connectivity index is 1.81. The van der Waals surface area contributed by atoms with Gasteiger partial charge in [0.2, 0.25) is 5.69 Å². The zero-order valence-electron chi connectivity index (χ0n) is 12.8. The first kappa shape index (κ1) is 16.2. The number of hydrogen-bond acceptors (Lipinski definition) is 5. The summed E-state index contributed by atoms with van der Waals surface area (Å²) >= 11 is 0. The second-order valence-electron chi connectivity index (χ2n) is 5.34. The van der Waals surface area contributed by atoms with E-state index in [0.717, 1.165) is 12.0 Å². The molecule has 2 aromatic carbocycles. The molecule has 0 amide bonds. The zero-order valence-corrected chi connectivity index (χ0v) is 13.6. The lowest BCUT2D eigenvalue weighted by Gasteiger charge is -2.02. The predicted octanol–water partition coefficient (Wildman–Crippen LogP) is 2.32. The first-order valence-electron chi connectivity index (χ1n) is 7.51. The summed E-state index contributed by atoms with van der Waals surface area (Å²) in [5, 5.41) is 15.0. The first-order chi connectivity index (χ1) is 11.6. The van der Waals surface area contributed by atoms with E-state index < -0.39 is 9.84 Å². The van der Waals surface area contributed by atoms with Crippen LogP contribution in [0.5, 0.6) is 0 Å². The summed E-state index contributed by atoms with van der Waals surface area (Å²) in [5.74, 6) is 0. The molecule has 0 spiro atoms. The van der Waals surface area contributed by atoms with E-state index in [0.29, 0.717) is 6.42 Å². The molecule has 1 heterocycles. The van der Waals surface area contributed by atoms with Crippen molar-refractivity contribution in [2.45, 2.75) is 29.2 Å². The molecule has 3 rings (SSSR count). The number of aromatic nitrogens is 2. The molecule has 7 heteroatoms. The maximum atomic E-state index is 12.6. The van der Waals surface area contributed by atoms with Crippen LogP contribution in [-0.4, -0.2) is 13.6 Å². The van der Waals surface area contributed by atoms with Gasteiger partial charge < -0.3 is 5.21 Å². The Morgan fingerprint density at radius 3 is 2.25 bits per heavy atom. The molecule has 24 heavy (non-hydrogen) atoms. The number of aryl methyl sites for hydroxylation is 1. The molecule has 0 saturated carbocycles. The number of sulfone groups is 1. The van der Waals surface area contributed by atoms with Crippen LogP contribution in [0.2, 0.25) is 0 Å². The van der Waals surface area contributed by atoms with Gasteiger partial charge in [-0.3, -0.25) is 4.63 Å². The van der Waals surface area contributed by atoms with Gasteiger partial charge in [-0.15, -0.1) is 0 Å². The lowest BCUT2D eigenvalue weighted by atomic mass is 10.1. The van der Waals surface area contributed by atoms with Crippen molar-refractivity contribution in [2.75, 3.05) is 0 Å². The van der Waals surface area contributed by atoms with E-state index in [1.54, 1.807) is 18.2 Å². The van der Waals surface area contributed by atoms with Crippen molar-refractivity contribution in [2.24, 2.45) is 0 Å². The van der Waals surface area contributed by atoms with Gasteiger partial charge in [0.15, 0.2) is 0 Å². The van der Waals surface area contributed by atoms with Crippen molar-refractivity contribution in [3.8, 4) is 0 Å². The van der Waals surface area contributed by atoms with Gasteiger partial charge in [0.05, 0.1) is 10.1 Å². The van der Waals surface area contributed by atoms with Crippen LogP contribution in [0, 0.1) is 5.21 Å². The molecular formula is C17H16N2O4S. The van der Waals surface area contributed by atoms with E-state index in [-0.39, 0.29) is 26.9 Å². The van der Waals surface area contributed by atoms with Gasteiger partial charge in [-0.25, -0.2) is 8.42 Å². The molecule has 0 aliphatic rings. The molecule has 0 N–H and O–H groups in total. The molecule has 0 fully saturated rings. The molecule has 124 valence electrons. The van der Waals surface area contributed by atoms with E-state index in [9.17, 15) is 13.6 Å². The van der Waals surface area contributed by atoms with E-state index in [4.69, 9.17) is 0 Å². The average Bonchev–Trinajstić information content (AvgIpc) is 2.98. The van der Waals surface area contributed by atoms with Gasteiger partial charge in [0, 0.05) is 6.42 Å².